The van der Waals surface area contributed by atoms with Crippen molar-refractivity contribution in [2.75, 3.05) is 13.7 Å². The van der Waals surface area contributed by atoms with Crippen molar-refractivity contribution in [1.82, 2.24) is 5.32 Å². The van der Waals surface area contributed by atoms with E-state index in [1.54, 1.807) is 7.11 Å². The van der Waals surface area contributed by atoms with Crippen LogP contribution >= 0.6 is 0 Å². The third kappa shape index (κ3) is 4.18. The Morgan fingerprint density at radius 3 is 2.76 bits per heavy atom. The van der Waals surface area contributed by atoms with Crippen LogP contribution in [0.2, 0.25) is 0 Å². The summed E-state index contributed by atoms with van der Waals surface area (Å²) in [6, 6.07) is 8.34. The second-order valence-corrected chi connectivity index (χ2v) is 4.19. The zero-order valence-corrected chi connectivity index (χ0v) is 10.8. The monoisotopic (exact) mass is 232 g/mol. The maximum Gasteiger partial charge on any atom is 0.0991 e. The van der Waals surface area contributed by atoms with E-state index in [4.69, 9.17) is 10.00 Å². The molecule has 1 aromatic rings. The lowest BCUT2D eigenvalue weighted by Gasteiger charge is -2.16. The van der Waals surface area contributed by atoms with E-state index in [9.17, 15) is 0 Å². The van der Waals surface area contributed by atoms with Crippen LogP contribution in [0.5, 0.6) is 0 Å². The molecule has 17 heavy (non-hydrogen) atoms. The van der Waals surface area contributed by atoms with Crippen molar-refractivity contribution in [3.8, 4) is 6.07 Å². The van der Waals surface area contributed by atoms with E-state index in [-0.39, 0.29) is 0 Å². The maximum atomic E-state index is 8.80. The third-order valence-corrected chi connectivity index (χ3v) is 2.91. The molecule has 0 fully saturated rings. The number of aryl methyl sites for hydroxylation is 1. The first-order chi connectivity index (χ1) is 8.21. The first-order valence-corrected chi connectivity index (χ1v) is 5.93. The highest BCUT2D eigenvalue weighted by Crippen LogP contribution is 2.10. The minimum atomic E-state index is 0.384. The molecule has 0 saturated heterocycles. The van der Waals surface area contributed by atoms with Crippen molar-refractivity contribution in [3.63, 3.8) is 0 Å². The van der Waals surface area contributed by atoms with Crippen molar-refractivity contribution < 1.29 is 4.74 Å². The second-order valence-electron chi connectivity index (χ2n) is 4.19. The van der Waals surface area contributed by atoms with Crippen LogP contribution < -0.4 is 5.32 Å². The van der Waals surface area contributed by atoms with Gasteiger partial charge < -0.3 is 10.1 Å². The molecule has 0 amide bonds. The fourth-order valence-corrected chi connectivity index (χ4v) is 1.74. The molecule has 0 saturated carbocycles. The summed E-state index contributed by atoms with van der Waals surface area (Å²) < 4.78 is 5.14. The Bertz CT molecular complexity index is 396. The topological polar surface area (TPSA) is 45.0 Å². The predicted octanol–water partition coefficient (Wildman–Crippen LogP) is 2.38. The van der Waals surface area contributed by atoms with Crippen molar-refractivity contribution in [2.45, 2.75) is 32.9 Å². The largest absolute Gasteiger partial charge is 0.383 e. The molecule has 1 unspecified atom stereocenters. The molecule has 0 heterocycles. The number of nitrogens with one attached hydrogen (secondary N) is 1. The highest BCUT2D eigenvalue weighted by atomic mass is 16.5. The fourth-order valence-electron chi connectivity index (χ4n) is 1.74. The molecule has 3 nitrogen and oxygen atoms in total. The summed E-state index contributed by atoms with van der Waals surface area (Å²) in [5.41, 5.74) is 3.11. The van der Waals surface area contributed by atoms with Gasteiger partial charge in [0.2, 0.25) is 0 Å². The molecular formula is C14H20N2O. The van der Waals surface area contributed by atoms with Crippen LogP contribution in [-0.2, 0) is 11.3 Å². The first-order valence-electron chi connectivity index (χ1n) is 5.93. The van der Waals surface area contributed by atoms with Gasteiger partial charge in [0, 0.05) is 19.7 Å². The summed E-state index contributed by atoms with van der Waals surface area (Å²) in [6.45, 7) is 5.72. The molecule has 0 aliphatic carbocycles. The standard InChI is InChI=1S/C14H20N2O/c1-4-14(10-17-3)16-9-13-6-5-12(8-15)7-11(13)2/h5-7,14,16H,4,9-10H2,1-3H3. The van der Waals surface area contributed by atoms with Gasteiger partial charge in [-0.3, -0.25) is 0 Å². The van der Waals surface area contributed by atoms with Gasteiger partial charge in [-0.15, -0.1) is 0 Å². The Hall–Kier alpha value is -1.37. The van der Waals surface area contributed by atoms with Gasteiger partial charge in [0.25, 0.3) is 0 Å². The molecule has 92 valence electrons. The highest BCUT2D eigenvalue weighted by molar-refractivity contribution is 5.37. The minimum absolute atomic E-state index is 0.384. The number of benzene rings is 1. The number of nitrogens with zero attached hydrogens (tertiary/aromatic N) is 1. The van der Waals surface area contributed by atoms with Gasteiger partial charge >= 0.3 is 0 Å². The number of ether oxygens (including phenoxy) is 1. The van der Waals surface area contributed by atoms with Crippen molar-refractivity contribution in [1.29, 1.82) is 5.26 Å². The van der Waals surface area contributed by atoms with E-state index in [2.05, 4.69) is 18.3 Å². The second kappa shape index (κ2) is 7.05. The van der Waals surface area contributed by atoms with E-state index < -0.39 is 0 Å². The van der Waals surface area contributed by atoms with E-state index >= 15 is 0 Å². The van der Waals surface area contributed by atoms with Crippen LogP contribution in [0.1, 0.15) is 30.0 Å². The summed E-state index contributed by atoms with van der Waals surface area (Å²) in [7, 11) is 1.72. The average Bonchev–Trinajstić information content (AvgIpc) is 2.35. The number of hydrogen-bond acceptors (Lipinski definition) is 3. The quantitative estimate of drug-likeness (QED) is 0.819. The molecule has 3 heteroatoms. The van der Waals surface area contributed by atoms with Gasteiger partial charge in [-0.2, -0.15) is 5.26 Å². The van der Waals surface area contributed by atoms with E-state index in [1.165, 1.54) is 5.56 Å². The molecule has 0 aromatic heterocycles. The SMILES string of the molecule is CCC(COC)NCc1ccc(C#N)cc1C. The van der Waals surface area contributed by atoms with Crippen LogP contribution in [0.15, 0.2) is 18.2 Å². The fraction of sp³-hybridized carbons (Fsp3) is 0.500. The highest BCUT2D eigenvalue weighted by Gasteiger charge is 2.06. The number of methoxy groups -OCH3 is 1. The van der Waals surface area contributed by atoms with Gasteiger partial charge in [0.1, 0.15) is 0 Å². The minimum Gasteiger partial charge on any atom is -0.383 e. The lowest BCUT2D eigenvalue weighted by molar-refractivity contribution is 0.164. The van der Waals surface area contributed by atoms with Crippen molar-refractivity contribution >= 4 is 0 Å². The summed E-state index contributed by atoms with van der Waals surface area (Å²) in [5.74, 6) is 0. The van der Waals surface area contributed by atoms with Gasteiger partial charge in [0.15, 0.2) is 0 Å². The van der Waals surface area contributed by atoms with E-state index in [1.807, 2.05) is 25.1 Å². The molecule has 1 rings (SSSR count). The van der Waals surface area contributed by atoms with Crippen LogP contribution in [-0.4, -0.2) is 19.8 Å². The molecule has 0 spiro atoms. The predicted molar refractivity (Wildman–Crippen MR) is 68.7 cm³/mol. The first kappa shape index (κ1) is 13.7. The van der Waals surface area contributed by atoms with E-state index in [0.29, 0.717) is 6.04 Å². The summed E-state index contributed by atoms with van der Waals surface area (Å²) in [4.78, 5) is 0. The van der Waals surface area contributed by atoms with Crippen LogP contribution in [0.4, 0.5) is 0 Å². The van der Waals surface area contributed by atoms with Crippen LogP contribution in [0.25, 0.3) is 0 Å². The number of rotatable bonds is 6. The lowest BCUT2D eigenvalue weighted by Crippen LogP contribution is -2.32. The maximum absolute atomic E-state index is 8.80. The van der Waals surface area contributed by atoms with E-state index in [0.717, 1.165) is 30.7 Å². The van der Waals surface area contributed by atoms with Gasteiger partial charge in [0.05, 0.1) is 18.2 Å². The normalized spacial score (nSPS) is 12.1. The van der Waals surface area contributed by atoms with Crippen LogP contribution in [0.3, 0.4) is 0 Å². The summed E-state index contributed by atoms with van der Waals surface area (Å²) in [6.07, 6.45) is 1.04. The zero-order chi connectivity index (χ0) is 12.7. The Kier molecular flexibility index (Phi) is 5.68. The smallest absolute Gasteiger partial charge is 0.0991 e. The van der Waals surface area contributed by atoms with Gasteiger partial charge in [-0.05, 0) is 36.6 Å². The molecule has 1 atom stereocenters. The van der Waals surface area contributed by atoms with Crippen molar-refractivity contribution in [2.24, 2.45) is 0 Å². The molecule has 0 aliphatic rings. The zero-order valence-electron chi connectivity index (χ0n) is 10.8. The van der Waals surface area contributed by atoms with Gasteiger partial charge in [-0.1, -0.05) is 13.0 Å². The molecule has 0 radical (unpaired) electrons. The van der Waals surface area contributed by atoms with Crippen LogP contribution in [0, 0.1) is 18.3 Å². The molecule has 1 aromatic carbocycles. The Morgan fingerprint density at radius 1 is 1.47 bits per heavy atom. The summed E-state index contributed by atoms with van der Waals surface area (Å²) in [5, 5.41) is 12.3. The lowest BCUT2D eigenvalue weighted by atomic mass is 10.1. The Morgan fingerprint density at radius 2 is 2.24 bits per heavy atom. The third-order valence-electron chi connectivity index (χ3n) is 2.91. The average molecular weight is 232 g/mol. The Balaban J connectivity index is 2.60. The summed E-state index contributed by atoms with van der Waals surface area (Å²) >= 11 is 0. The number of hydrogen-bond donors (Lipinski definition) is 1. The molecule has 0 aliphatic heterocycles. The molecule has 1 N–H and O–H groups in total. The molecular weight excluding hydrogens is 212 g/mol. The van der Waals surface area contributed by atoms with Gasteiger partial charge in [-0.25, -0.2) is 0 Å². The Labute approximate surface area is 103 Å². The van der Waals surface area contributed by atoms with Crippen molar-refractivity contribution in [3.05, 3.63) is 34.9 Å². The number of nitriles is 1. The molecule has 0 bridgehead atoms.